The summed E-state index contributed by atoms with van der Waals surface area (Å²) in [6.07, 6.45) is 1.57. The van der Waals surface area contributed by atoms with Crippen molar-refractivity contribution in [3.63, 3.8) is 0 Å². The van der Waals surface area contributed by atoms with E-state index >= 15 is 0 Å². The van der Waals surface area contributed by atoms with Crippen molar-refractivity contribution in [2.45, 2.75) is 17.7 Å². The molecule has 3 N–H and O–H groups in total. The molecule has 0 bridgehead atoms. The van der Waals surface area contributed by atoms with E-state index in [2.05, 4.69) is 16.6 Å². The van der Waals surface area contributed by atoms with Crippen molar-refractivity contribution in [2.75, 3.05) is 26.8 Å². The Kier molecular flexibility index (Phi) is 7.26. The number of ether oxygens (including phenoxy) is 1. The van der Waals surface area contributed by atoms with Gasteiger partial charge < -0.3 is 10.5 Å². The van der Waals surface area contributed by atoms with E-state index in [1.165, 1.54) is 12.1 Å². The van der Waals surface area contributed by atoms with Crippen molar-refractivity contribution in [1.29, 1.82) is 0 Å². The predicted octanol–water partition coefficient (Wildman–Crippen LogP) is 0.702. The Morgan fingerprint density at radius 2 is 1.95 bits per heavy atom. The number of benzene rings is 1. The highest BCUT2D eigenvalue weighted by Gasteiger charge is 2.12. The molecule has 0 aromatic heterocycles. The maximum absolute atomic E-state index is 12.0. The van der Waals surface area contributed by atoms with Crippen LogP contribution in [-0.4, -0.2) is 35.2 Å². The monoisotopic (exact) mass is 296 g/mol. The highest BCUT2D eigenvalue weighted by molar-refractivity contribution is 7.89. The Hall–Kier alpha value is -1.39. The number of nitrogens with one attached hydrogen (secondary N) is 1. The van der Waals surface area contributed by atoms with Gasteiger partial charge in [0.2, 0.25) is 10.0 Å². The first kappa shape index (κ1) is 16.7. The van der Waals surface area contributed by atoms with E-state index in [1.54, 1.807) is 19.2 Å². The third kappa shape index (κ3) is 5.72. The van der Waals surface area contributed by atoms with Crippen LogP contribution in [0.25, 0.3) is 0 Å². The van der Waals surface area contributed by atoms with Crippen LogP contribution in [-0.2, 0) is 14.8 Å². The summed E-state index contributed by atoms with van der Waals surface area (Å²) >= 11 is 0. The van der Waals surface area contributed by atoms with Crippen LogP contribution in [0.15, 0.2) is 29.2 Å². The molecule has 1 aromatic carbocycles. The zero-order chi connectivity index (χ0) is 14.8. The highest BCUT2D eigenvalue weighted by atomic mass is 32.2. The number of hydrogen-bond donors (Lipinski definition) is 2. The van der Waals surface area contributed by atoms with Gasteiger partial charge in [0.25, 0.3) is 0 Å². The molecule has 0 aliphatic heterocycles. The summed E-state index contributed by atoms with van der Waals surface area (Å²) in [6, 6.07) is 6.42. The first-order valence-corrected chi connectivity index (χ1v) is 7.86. The number of rotatable bonds is 7. The standard InChI is InChI=1S/C14H20N2O3S/c1-19-12-3-2-11-16-20(17,18)14-8-6-13(7-9-14)5-4-10-15/h6-9,16H,2-3,10-12,15H2,1H3. The van der Waals surface area contributed by atoms with Gasteiger partial charge in [-0.3, -0.25) is 0 Å². The van der Waals surface area contributed by atoms with Gasteiger partial charge in [-0.05, 0) is 37.1 Å². The quantitative estimate of drug-likeness (QED) is 0.573. The minimum atomic E-state index is -3.45. The Morgan fingerprint density at radius 3 is 2.55 bits per heavy atom. The molecule has 110 valence electrons. The zero-order valence-corrected chi connectivity index (χ0v) is 12.4. The first-order valence-electron chi connectivity index (χ1n) is 6.38. The lowest BCUT2D eigenvalue weighted by Gasteiger charge is -2.06. The molecule has 0 atom stereocenters. The lowest BCUT2D eigenvalue weighted by atomic mass is 10.2. The SMILES string of the molecule is COCCCCNS(=O)(=O)c1ccc(C#CCN)cc1. The molecule has 20 heavy (non-hydrogen) atoms. The summed E-state index contributed by atoms with van der Waals surface area (Å²) in [4.78, 5) is 0.238. The summed E-state index contributed by atoms with van der Waals surface area (Å²) in [5.74, 6) is 5.56. The summed E-state index contributed by atoms with van der Waals surface area (Å²) in [5.41, 5.74) is 6.02. The number of methoxy groups -OCH3 is 1. The Bertz CT molecular complexity index is 556. The molecule has 0 spiro atoms. The van der Waals surface area contributed by atoms with E-state index in [-0.39, 0.29) is 11.4 Å². The number of unbranched alkanes of at least 4 members (excludes halogenated alkanes) is 1. The van der Waals surface area contributed by atoms with Gasteiger partial charge in [0.1, 0.15) is 0 Å². The smallest absolute Gasteiger partial charge is 0.240 e. The summed E-state index contributed by atoms with van der Waals surface area (Å²) < 4.78 is 31.4. The minimum Gasteiger partial charge on any atom is -0.385 e. The summed E-state index contributed by atoms with van der Waals surface area (Å²) in [5, 5.41) is 0. The molecule has 5 nitrogen and oxygen atoms in total. The van der Waals surface area contributed by atoms with Crippen molar-refractivity contribution in [3.05, 3.63) is 29.8 Å². The van der Waals surface area contributed by atoms with E-state index in [0.717, 1.165) is 18.4 Å². The molecule has 6 heteroatoms. The Morgan fingerprint density at radius 1 is 1.25 bits per heavy atom. The van der Waals surface area contributed by atoms with Crippen LogP contribution in [0.5, 0.6) is 0 Å². The lowest BCUT2D eigenvalue weighted by molar-refractivity contribution is 0.193. The average Bonchev–Trinajstić information content (AvgIpc) is 2.45. The second kappa shape index (κ2) is 8.72. The highest BCUT2D eigenvalue weighted by Crippen LogP contribution is 2.10. The first-order chi connectivity index (χ1) is 9.60. The fourth-order valence-corrected chi connectivity index (χ4v) is 2.61. The topological polar surface area (TPSA) is 81.4 Å². The maximum atomic E-state index is 12.0. The molecular weight excluding hydrogens is 276 g/mol. The molecule has 0 heterocycles. The van der Waals surface area contributed by atoms with Crippen LogP contribution in [0, 0.1) is 11.8 Å². The third-order valence-corrected chi connectivity index (χ3v) is 4.04. The predicted molar refractivity (Wildman–Crippen MR) is 78.7 cm³/mol. The second-order valence-corrected chi connectivity index (χ2v) is 5.89. The van der Waals surface area contributed by atoms with E-state index in [0.29, 0.717) is 13.2 Å². The molecule has 0 aliphatic carbocycles. The molecule has 1 aromatic rings. The second-order valence-electron chi connectivity index (χ2n) is 4.13. The van der Waals surface area contributed by atoms with Crippen LogP contribution in [0.4, 0.5) is 0 Å². The van der Waals surface area contributed by atoms with Crippen LogP contribution >= 0.6 is 0 Å². The molecule has 1 rings (SSSR count). The zero-order valence-electron chi connectivity index (χ0n) is 11.6. The Labute approximate surface area is 120 Å². The van der Waals surface area contributed by atoms with Gasteiger partial charge in [-0.25, -0.2) is 13.1 Å². The molecular formula is C14H20N2O3S. The fraction of sp³-hybridized carbons (Fsp3) is 0.429. The molecule has 0 amide bonds. The molecule has 0 radical (unpaired) electrons. The van der Waals surface area contributed by atoms with Crippen LogP contribution < -0.4 is 10.5 Å². The van der Waals surface area contributed by atoms with E-state index in [1.807, 2.05) is 0 Å². The van der Waals surface area contributed by atoms with Crippen molar-refractivity contribution in [1.82, 2.24) is 4.72 Å². The summed E-state index contributed by atoms with van der Waals surface area (Å²) in [6.45, 7) is 1.32. The van der Waals surface area contributed by atoms with Crippen molar-refractivity contribution < 1.29 is 13.2 Å². The molecule has 0 fully saturated rings. The van der Waals surface area contributed by atoms with Gasteiger partial charge in [-0.15, -0.1) is 0 Å². The lowest BCUT2D eigenvalue weighted by Crippen LogP contribution is -2.24. The molecule has 0 unspecified atom stereocenters. The Balaban J connectivity index is 2.59. The molecule has 0 aliphatic rings. The fourth-order valence-electron chi connectivity index (χ4n) is 1.53. The van der Waals surface area contributed by atoms with Gasteiger partial charge in [0, 0.05) is 25.8 Å². The van der Waals surface area contributed by atoms with Gasteiger partial charge in [0.05, 0.1) is 11.4 Å². The van der Waals surface area contributed by atoms with Gasteiger partial charge in [0.15, 0.2) is 0 Å². The van der Waals surface area contributed by atoms with Crippen LogP contribution in [0.1, 0.15) is 18.4 Å². The van der Waals surface area contributed by atoms with E-state index in [4.69, 9.17) is 10.5 Å². The van der Waals surface area contributed by atoms with Crippen LogP contribution in [0.3, 0.4) is 0 Å². The summed E-state index contributed by atoms with van der Waals surface area (Å²) in [7, 11) is -1.82. The molecule has 0 saturated heterocycles. The normalized spacial score (nSPS) is 10.9. The van der Waals surface area contributed by atoms with Crippen LogP contribution in [0.2, 0.25) is 0 Å². The number of nitrogens with two attached hydrogens (primary N) is 1. The van der Waals surface area contributed by atoms with Gasteiger partial charge in [-0.2, -0.15) is 0 Å². The molecule has 0 saturated carbocycles. The minimum absolute atomic E-state index is 0.238. The maximum Gasteiger partial charge on any atom is 0.240 e. The largest absolute Gasteiger partial charge is 0.385 e. The van der Waals surface area contributed by atoms with Crippen molar-refractivity contribution in [3.8, 4) is 11.8 Å². The number of sulfonamides is 1. The van der Waals surface area contributed by atoms with Gasteiger partial charge in [-0.1, -0.05) is 11.8 Å². The van der Waals surface area contributed by atoms with E-state index < -0.39 is 10.0 Å². The average molecular weight is 296 g/mol. The number of hydrogen-bond acceptors (Lipinski definition) is 4. The third-order valence-electron chi connectivity index (χ3n) is 2.57. The van der Waals surface area contributed by atoms with Crippen molar-refractivity contribution >= 4 is 10.0 Å². The van der Waals surface area contributed by atoms with Crippen molar-refractivity contribution in [2.24, 2.45) is 5.73 Å². The van der Waals surface area contributed by atoms with Gasteiger partial charge >= 0.3 is 0 Å². The van der Waals surface area contributed by atoms with E-state index in [9.17, 15) is 8.42 Å².